The van der Waals surface area contributed by atoms with Gasteiger partial charge in [0.15, 0.2) is 0 Å². The number of benzene rings is 1. The van der Waals surface area contributed by atoms with Crippen molar-refractivity contribution in [3.05, 3.63) is 29.8 Å². The average molecular weight is 309 g/mol. The summed E-state index contributed by atoms with van der Waals surface area (Å²) in [5.74, 6) is 0.898. The molecule has 0 saturated carbocycles. The van der Waals surface area contributed by atoms with Gasteiger partial charge in [0.05, 0.1) is 7.11 Å². The second-order valence-electron chi connectivity index (χ2n) is 4.37. The Balaban J connectivity index is 0. The molecule has 0 aromatic heterocycles. The van der Waals surface area contributed by atoms with E-state index in [1.165, 1.54) is 0 Å². The van der Waals surface area contributed by atoms with Gasteiger partial charge in [-0.2, -0.15) is 0 Å². The predicted octanol–water partition coefficient (Wildman–Crippen LogP) is 5.40. The highest BCUT2D eigenvalue weighted by Crippen LogP contribution is 2.13. The molecule has 0 saturated heterocycles. The van der Waals surface area contributed by atoms with E-state index >= 15 is 0 Å². The fourth-order valence-electron chi connectivity index (χ4n) is 1.85. The molecule has 0 aliphatic heterocycles. The zero-order valence-corrected chi connectivity index (χ0v) is 15.6. The minimum absolute atomic E-state index is 0.118. The van der Waals surface area contributed by atoms with Crippen LogP contribution in [0.25, 0.3) is 0 Å². The Morgan fingerprint density at radius 2 is 1.50 bits per heavy atom. The molecule has 0 atom stereocenters. The first kappa shape index (κ1) is 22.8. The van der Waals surface area contributed by atoms with Crippen molar-refractivity contribution in [1.29, 1.82) is 0 Å². The van der Waals surface area contributed by atoms with E-state index in [1.807, 2.05) is 56.9 Å². The SMILES string of the molecule is CC.CC.CCCCN(CCC)C(=O)c1ccc(OC)cc1. The molecule has 0 aliphatic rings. The van der Waals surface area contributed by atoms with Crippen LogP contribution in [0.2, 0.25) is 0 Å². The number of methoxy groups -OCH3 is 1. The molecular formula is C19H35NO2. The van der Waals surface area contributed by atoms with Gasteiger partial charge in [-0.3, -0.25) is 4.79 Å². The van der Waals surface area contributed by atoms with Gasteiger partial charge in [-0.25, -0.2) is 0 Å². The molecule has 1 aromatic rings. The third-order valence-electron chi connectivity index (χ3n) is 2.90. The van der Waals surface area contributed by atoms with Crippen LogP contribution in [0.1, 0.15) is 71.2 Å². The fraction of sp³-hybridized carbons (Fsp3) is 0.632. The molecule has 0 aliphatic carbocycles. The lowest BCUT2D eigenvalue weighted by Crippen LogP contribution is -2.32. The van der Waals surface area contributed by atoms with E-state index < -0.39 is 0 Å². The standard InChI is InChI=1S/C15H23NO2.2C2H6/c1-4-6-12-16(11-5-2)15(17)13-7-9-14(18-3)10-8-13;2*1-2/h7-10H,4-6,11-12H2,1-3H3;2*1-2H3. The van der Waals surface area contributed by atoms with Gasteiger partial charge >= 0.3 is 0 Å². The lowest BCUT2D eigenvalue weighted by molar-refractivity contribution is 0.0753. The lowest BCUT2D eigenvalue weighted by Gasteiger charge is -2.22. The van der Waals surface area contributed by atoms with Crippen molar-refractivity contribution in [2.45, 2.75) is 60.8 Å². The van der Waals surface area contributed by atoms with Crippen molar-refractivity contribution < 1.29 is 9.53 Å². The Morgan fingerprint density at radius 1 is 0.955 bits per heavy atom. The quantitative estimate of drug-likeness (QED) is 0.675. The number of amides is 1. The van der Waals surface area contributed by atoms with Gasteiger partial charge in [-0.05, 0) is 37.1 Å². The largest absolute Gasteiger partial charge is 0.497 e. The Labute approximate surface area is 137 Å². The average Bonchev–Trinajstić information content (AvgIpc) is 2.61. The molecule has 0 radical (unpaired) electrons. The van der Waals surface area contributed by atoms with Gasteiger partial charge < -0.3 is 9.64 Å². The number of carbonyl (C=O) groups is 1. The lowest BCUT2D eigenvalue weighted by atomic mass is 10.1. The molecule has 22 heavy (non-hydrogen) atoms. The Morgan fingerprint density at radius 3 is 1.91 bits per heavy atom. The van der Waals surface area contributed by atoms with Crippen LogP contribution >= 0.6 is 0 Å². The number of unbranched alkanes of at least 4 members (excludes halogenated alkanes) is 1. The molecule has 0 heterocycles. The van der Waals surface area contributed by atoms with Crippen LogP contribution in [0, 0.1) is 0 Å². The highest BCUT2D eigenvalue weighted by Gasteiger charge is 2.14. The summed E-state index contributed by atoms with van der Waals surface area (Å²) < 4.78 is 5.10. The number of rotatable bonds is 7. The fourth-order valence-corrected chi connectivity index (χ4v) is 1.85. The molecule has 0 unspecified atom stereocenters. The molecule has 0 fully saturated rings. The first-order valence-corrected chi connectivity index (χ1v) is 8.66. The maximum atomic E-state index is 12.3. The van der Waals surface area contributed by atoms with E-state index in [0.29, 0.717) is 0 Å². The normalized spacial score (nSPS) is 8.86. The highest BCUT2D eigenvalue weighted by atomic mass is 16.5. The van der Waals surface area contributed by atoms with Crippen molar-refractivity contribution in [1.82, 2.24) is 4.90 Å². The first-order chi connectivity index (χ1) is 10.7. The molecular weight excluding hydrogens is 274 g/mol. The van der Waals surface area contributed by atoms with Crippen LogP contribution < -0.4 is 4.74 Å². The van der Waals surface area contributed by atoms with Crippen molar-refractivity contribution in [3.8, 4) is 5.75 Å². The molecule has 3 nitrogen and oxygen atoms in total. The van der Waals surface area contributed by atoms with Gasteiger partial charge in [0, 0.05) is 18.7 Å². The van der Waals surface area contributed by atoms with E-state index in [0.717, 1.165) is 43.7 Å². The second kappa shape index (κ2) is 15.9. The van der Waals surface area contributed by atoms with Gasteiger partial charge in [-0.15, -0.1) is 0 Å². The summed E-state index contributed by atoms with van der Waals surface area (Å²) >= 11 is 0. The zero-order valence-electron chi connectivity index (χ0n) is 15.6. The summed E-state index contributed by atoms with van der Waals surface area (Å²) in [4.78, 5) is 14.3. The number of carbonyl (C=O) groups excluding carboxylic acids is 1. The summed E-state index contributed by atoms with van der Waals surface area (Å²) in [6.07, 6.45) is 3.16. The first-order valence-electron chi connectivity index (χ1n) is 8.66. The molecule has 3 heteroatoms. The molecule has 1 amide bonds. The number of ether oxygens (including phenoxy) is 1. The van der Waals surface area contributed by atoms with Gasteiger partial charge in [0.1, 0.15) is 5.75 Å². The molecule has 0 bridgehead atoms. The van der Waals surface area contributed by atoms with Crippen molar-refractivity contribution in [3.63, 3.8) is 0 Å². The Kier molecular flexibility index (Phi) is 16.4. The topological polar surface area (TPSA) is 29.5 Å². The minimum Gasteiger partial charge on any atom is -0.497 e. The number of hydrogen-bond acceptors (Lipinski definition) is 2. The third kappa shape index (κ3) is 8.71. The minimum atomic E-state index is 0.118. The van der Waals surface area contributed by atoms with E-state index in [2.05, 4.69) is 13.8 Å². The van der Waals surface area contributed by atoms with Crippen LogP contribution in [0.15, 0.2) is 24.3 Å². The van der Waals surface area contributed by atoms with E-state index in [4.69, 9.17) is 4.74 Å². The van der Waals surface area contributed by atoms with Crippen LogP contribution in [0.5, 0.6) is 5.75 Å². The smallest absolute Gasteiger partial charge is 0.253 e. The highest BCUT2D eigenvalue weighted by molar-refractivity contribution is 5.94. The van der Waals surface area contributed by atoms with Crippen LogP contribution in [-0.4, -0.2) is 31.0 Å². The van der Waals surface area contributed by atoms with E-state index in [-0.39, 0.29) is 5.91 Å². The summed E-state index contributed by atoms with van der Waals surface area (Å²) in [6.45, 7) is 13.9. The number of hydrogen-bond donors (Lipinski definition) is 0. The summed E-state index contributed by atoms with van der Waals surface area (Å²) in [5.41, 5.74) is 0.736. The maximum Gasteiger partial charge on any atom is 0.253 e. The van der Waals surface area contributed by atoms with Crippen LogP contribution in [-0.2, 0) is 0 Å². The summed E-state index contributed by atoms with van der Waals surface area (Å²) in [6, 6.07) is 7.32. The van der Waals surface area contributed by atoms with Crippen molar-refractivity contribution >= 4 is 5.91 Å². The maximum absolute atomic E-state index is 12.3. The summed E-state index contributed by atoms with van der Waals surface area (Å²) in [7, 11) is 1.63. The molecule has 1 rings (SSSR count). The predicted molar refractivity (Wildman–Crippen MR) is 96.8 cm³/mol. The van der Waals surface area contributed by atoms with Gasteiger partial charge in [0.2, 0.25) is 0 Å². The van der Waals surface area contributed by atoms with Gasteiger partial charge in [-0.1, -0.05) is 48.0 Å². The number of nitrogens with zero attached hydrogens (tertiary/aromatic N) is 1. The molecule has 128 valence electrons. The molecule has 0 spiro atoms. The van der Waals surface area contributed by atoms with Crippen LogP contribution in [0.4, 0.5) is 0 Å². The Bertz CT molecular complexity index is 360. The van der Waals surface area contributed by atoms with E-state index in [9.17, 15) is 4.79 Å². The summed E-state index contributed by atoms with van der Waals surface area (Å²) in [5, 5.41) is 0. The zero-order chi connectivity index (χ0) is 17.4. The van der Waals surface area contributed by atoms with Crippen LogP contribution in [0.3, 0.4) is 0 Å². The van der Waals surface area contributed by atoms with Crippen molar-refractivity contribution in [2.75, 3.05) is 20.2 Å². The second-order valence-corrected chi connectivity index (χ2v) is 4.37. The Hall–Kier alpha value is -1.51. The third-order valence-corrected chi connectivity index (χ3v) is 2.90. The molecule has 1 aromatic carbocycles. The molecule has 0 N–H and O–H groups in total. The monoisotopic (exact) mass is 309 g/mol. The van der Waals surface area contributed by atoms with E-state index in [1.54, 1.807) is 7.11 Å². The van der Waals surface area contributed by atoms with Gasteiger partial charge in [0.25, 0.3) is 5.91 Å². The van der Waals surface area contributed by atoms with Crippen molar-refractivity contribution in [2.24, 2.45) is 0 Å².